The lowest BCUT2D eigenvalue weighted by atomic mass is 9.83. The van der Waals surface area contributed by atoms with Gasteiger partial charge in [0.1, 0.15) is 0 Å². The normalized spacial score (nSPS) is 38.2. The Balaban J connectivity index is 1.43. The molecular formula is C18H32N2O. The van der Waals surface area contributed by atoms with Gasteiger partial charge >= 0.3 is 0 Å². The van der Waals surface area contributed by atoms with Crippen molar-refractivity contribution in [2.75, 3.05) is 13.1 Å². The molecule has 0 radical (unpaired) electrons. The second-order valence-electron chi connectivity index (χ2n) is 7.98. The molecule has 0 aromatic rings. The number of fused-ring (bicyclic) bond motifs is 2. The van der Waals surface area contributed by atoms with E-state index in [1.54, 1.807) is 0 Å². The molecule has 3 aliphatic rings. The summed E-state index contributed by atoms with van der Waals surface area (Å²) in [5.74, 6) is 4.08. The van der Waals surface area contributed by atoms with Crippen molar-refractivity contribution in [3.8, 4) is 0 Å². The number of nitrogens with one attached hydrogen (secondary N) is 2. The predicted octanol–water partition coefficient (Wildman–Crippen LogP) is 2.95. The van der Waals surface area contributed by atoms with E-state index in [0.717, 1.165) is 30.8 Å². The Morgan fingerprint density at radius 3 is 2.71 bits per heavy atom. The van der Waals surface area contributed by atoms with Crippen LogP contribution in [0, 0.1) is 29.6 Å². The highest BCUT2D eigenvalue weighted by Gasteiger charge is 2.42. The summed E-state index contributed by atoms with van der Waals surface area (Å²) in [4.78, 5) is 12.3. The van der Waals surface area contributed by atoms with E-state index < -0.39 is 0 Å². The Labute approximate surface area is 129 Å². The monoisotopic (exact) mass is 292 g/mol. The molecule has 1 saturated heterocycles. The third-order valence-electron chi connectivity index (χ3n) is 6.47. The first kappa shape index (κ1) is 15.3. The van der Waals surface area contributed by atoms with Crippen LogP contribution < -0.4 is 10.6 Å². The van der Waals surface area contributed by atoms with Crippen LogP contribution in [-0.2, 0) is 4.79 Å². The molecule has 3 nitrogen and oxygen atoms in total. The number of carbonyl (C=O) groups excluding carboxylic acids is 1. The molecule has 120 valence electrons. The van der Waals surface area contributed by atoms with Gasteiger partial charge in [-0.15, -0.1) is 0 Å². The molecule has 3 fully saturated rings. The lowest BCUT2D eigenvalue weighted by Gasteiger charge is -2.30. The molecule has 6 atom stereocenters. The largest absolute Gasteiger partial charge is 0.353 e. The van der Waals surface area contributed by atoms with E-state index in [4.69, 9.17) is 0 Å². The number of carbonyl (C=O) groups is 1. The molecule has 2 saturated carbocycles. The van der Waals surface area contributed by atoms with Crippen LogP contribution in [0.15, 0.2) is 0 Å². The Morgan fingerprint density at radius 2 is 2.10 bits per heavy atom. The van der Waals surface area contributed by atoms with Crippen molar-refractivity contribution >= 4 is 5.91 Å². The van der Waals surface area contributed by atoms with Crippen LogP contribution in [0.25, 0.3) is 0 Å². The Bertz CT molecular complexity index is 364. The van der Waals surface area contributed by atoms with Gasteiger partial charge < -0.3 is 10.6 Å². The van der Waals surface area contributed by atoms with Gasteiger partial charge in [-0.1, -0.05) is 13.3 Å². The molecule has 2 bridgehead atoms. The third kappa shape index (κ3) is 3.61. The average molecular weight is 292 g/mol. The van der Waals surface area contributed by atoms with E-state index in [1.165, 1.54) is 38.5 Å². The minimum atomic E-state index is 0.281. The zero-order valence-corrected chi connectivity index (χ0v) is 13.7. The lowest BCUT2D eigenvalue weighted by molar-refractivity contribution is -0.123. The standard InChI is InChI=1S/C18H32N2O/c1-12(16-4-3-7-19-11-16)8-18(21)20-13(2)17-10-14-5-6-15(17)9-14/h12-17,19H,3-11H2,1-2H3,(H,20,21). The molecule has 1 heterocycles. The SMILES string of the molecule is CC(CC(=O)NC(C)C1CC2CCC1C2)C1CCCNC1. The van der Waals surface area contributed by atoms with Crippen molar-refractivity contribution in [1.29, 1.82) is 0 Å². The number of piperidine rings is 1. The number of hydrogen-bond acceptors (Lipinski definition) is 2. The van der Waals surface area contributed by atoms with E-state index in [2.05, 4.69) is 24.5 Å². The zero-order chi connectivity index (χ0) is 14.8. The fraction of sp³-hybridized carbons (Fsp3) is 0.944. The van der Waals surface area contributed by atoms with E-state index in [-0.39, 0.29) is 5.91 Å². The Morgan fingerprint density at radius 1 is 1.24 bits per heavy atom. The second-order valence-corrected chi connectivity index (χ2v) is 7.98. The van der Waals surface area contributed by atoms with Gasteiger partial charge in [-0.25, -0.2) is 0 Å². The molecule has 0 spiro atoms. The van der Waals surface area contributed by atoms with Gasteiger partial charge in [-0.2, -0.15) is 0 Å². The number of rotatable bonds is 5. The van der Waals surface area contributed by atoms with Crippen LogP contribution in [0.2, 0.25) is 0 Å². The number of amides is 1. The molecular weight excluding hydrogens is 260 g/mol. The maximum atomic E-state index is 12.3. The molecule has 0 aromatic heterocycles. The quantitative estimate of drug-likeness (QED) is 0.818. The molecule has 1 amide bonds. The van der Waals surface area contributed by atoms with Crippen molar-refractivity contribution in [2.45, 2.75) is 64.8 Å². The molecule has 3 rings (SSSR count). The highest BCUT2D eigenvalue weighted by molar-refractivity contribution is 5.76. The highest BCUT2D eigenvalue weighted by Crippen LogP contribution is 2.49. The van der Waals surface area contributed by atoms with Crippen LogP contribution >= 0.6 is 0 Å². The van der Waals surface area contributed by atoms with Crippen LogP contribution in [0.1, 0.15) is 58.8 Å². The summed E-state index contributed by atoms with van der Waals surface area (Å²) in [6, 6.07) is 0.379. The van der Waals surface area contributed by atoms with Gasteiger partial charge in [-0.05, 0) is 81.7 Å². The number of hydrogen-bond donors (Lipinski definition) is 2. The first-order valence-electron chi connectivity index (χ1n) is 9.13. The summed E-state index contributed by atoms with van der Waals surface area (Å²) in [5.41, 5.74) is 0. The summed E-state index contributed by atoms with van der Waals surface area (Å²) in [7, 11) is 0. The lowest BCUT2D eigenvalue weighted by Crippen LogP contribution is -2.41. The summed E-state index contributed by atoms with van der Waals surface area (Å²) in [5, 5.41) is 6.78. The molecule has 2 N–H and O–H groups in total. The first-order chi connectivity index (χ1) is 10.1. The topological polar surface area (TPSA) is 41.1 Å². The Hall–Kier alpha value is -0.570. The molecule has 0 aromatic carbocycles. The van der Waals surface area contributed by atoms with Crippen LogP contribution in [0.5, 0.6) is 0 Å². The fourth-order valence-electron chi connectivity index (χ4n) is 5.15. The summed E-state index contributed by atoms with van der Waals surface area (Å²) < 4.78 is 0. The summed E-state index contributed by atoms with van der Waals surface area (Å²) >= 11 is 0. The zero-order valence-electron chi connectivity index (χ0n) is 13.7. The van der Waals surface area contributed by atoms with Crippen molar-refractivity contribution in [1.82, 2.24) is 10.6 Å². The predicted molar refractivity (Wildman–Crippen MR) is 85.9 cm³/mol. The molecule has 3 heteroatoms. The van der Waals surface area contributed by atoms with Gasteiger partial charge in [0.15, 0.2) is 0 Å². The average Bonchev–Trinajstić information content (AvgIpc) is 3.10. The summed E-state index contributed by atoms with van der Waals surface area (Å²) in [6.07, 6.45) is 8.87. The molecule has 2 aliphatic carbocycles. The van der Waals surface area contributed by atoms with Crippen LogP contribution in [0.4, 0.5) is 0 Å². The minimum absolute atomic E-state index is 0.281. The van der Waals surface area contributed by atoms with E-state index >= 15 is 0 Å². The second kappa shape index (κ2) is 6.68. The van der Waals surface area contributed by atoms with Gasteiger partial charge in [0.05, 0.1) is 0 Å². The van der Waals surface area contributed by atoms with Gasteiger partial charge in [0.2, 0.25) is 5.91 Å². The van der Waals surface area contributed by atoms with Crippen molar-refractivity contribution in [3.05, 3.63) is 0 Å². The molecule has 6 unspecified atom stereocenters. The van der Waals surface area contributed by atoms with E-state index in [1.807, 2.05) is 0 Å². The van der Waals surface area contributed by atoms with Crippen LogP contribution in [0.3, 0.4) is 0 Å². The molecule has 21 heavy (non-hydrogen) atoms. The Kier molecular flexibility index (Phi) is 4.88. The molecule has 1 aliphatic heterocycles. The smallest absolute Gasteiger partial charge is 0.220 e. The maximum Gasteiger partial charge on any atom is 0.220 e. The fourth-order valence-corrected chi connectivity index (χ4v) is 5.15. The minimum Gasteiger partial charge on any atom is -0.353 e. The maximum absolute atomic E-state index is 12.3. The summed E-state index contributed by atoms with van der Waals surface area (Å²) in [6.45, 7) is 6.72. The van der Waals surface area contributed by atoms with Crippen LogP contribution in [-0.4, -0.2) is 25.0 Å². The van der Waals surface area contributed by atoms with E-state index in [0.29, 0.717) is 24.3 Å². The van der Waals surface area contributed by atoms with Crippen molar-refractivity contribution in [2.24, 2.45) is 29.6 Å². The van der Waals surface area contributed by atoms with E-state index in [9.17, 15) is 4.79 Å². The van der Waals surface area contributed by atoms with Crippen molar-refractivity contribution < 1.29 is 4.79 Å². The third-order valence-corrected chi connectivity index (χ3v) is 6.47. The highest BCUT2D eigenvalue weighted by atomic mass is 16.1. The first-order valence-corrected chi connectivity index (χ1v) is 9.13. The van der Waals surface area contributed by atoms with Gasteiger partial charge in [-0.3, -0.25) is 4.79 Å². The van der Waals surface area contributed by atoms with Gasteiger partial charge in [0.25, 0.3) is 0 Å². The van der Waals surface area contributed by atoms with Crippen molar-refractivity contribution in [3.63, 3.8) is 0 Å². The van der Waals surface area contributed by atoms with Gasteiger partial charge in [0, 0.05) is 12.5 Å².